The second kappa shape index (κ2) is 7.26. The smallest absolute Gasteiger partial charge is 0.261 e. The molecule has 2 heterocycles. The molecule has 2 aromatic heterocycles. The maximum atomic E-state index is 12.6. The zero-order chi connectivity index (χ0) is 19.8. The van der Waals surface area contributed by atoms with Crippen LogP contribution in [0.4, 0.5) is 0 Å². The van der Waals surface area contributed by atoms with Gasteiger partial charge in [-0.05, 0) is 43.0 Å². The lowest BCUT2D eigenvalue weighted by Gasteiger charge is -2.16. The van der Waals surface area contributed by atoms with E-state index in [0.29, 0.717) is 35.8 Å². The van der Waals surface area contributed by atoms with Crippen LogP contribution in [0.1, 0.15) is 42.8 Å². The highest BCUT2D eigenvalue weighted by atomic mass is 16.3. The number of carbonyl (C=O) groups is 1. The summed E-state index contributed by atoms with van der Waals surface area (Å²) in [6, 6.07) is 9.53. The second-order valence-electron chi connectivity index (χ2n) is 7.84. The molecule has 0 radical (unpaired) electrons. The number of furan rings is 1. The van der Waals surface area contributed by atoms with E-state index in [1.165, 1.54) is 17.3 Å². The molecule has 6 heteroatoms. The van der Waals surface area contributed by atoms with Crippen molar-refractivity contribution in [1.29, 1.82) is 0 Å². The summed E-state index contributed by atoms with van der Waals surface area (Å²) in [5, 5.41) is 0.584. The Kier molecular flexibility index (Phi) is 4.79. The van der Waals surface area contributed by atoms with Crippen molar-refractivity contribution >= 4 is 16.8 Å². The van der Waals surface area contributed by atoms with Gasteiger partial charge in [0.2, 0.25) is 5.91 Å². The molecule has 0 N–H and O–H groups in total. The average Bonchev–Trinajstić information content (AvgIpc) is 3.22. The zero-order valence-electron chi connectivity index (χ0n) is 16.5. The molecule has 1 aromatic carbocycles. The van der Waals surface area contributed by atoms with Gasteiger partial charge in [-0.1, -0.05) is 19.1 Å². The van der Waals surface area contributed by atoms with E-state index >= 15 is 0 Å². The van der Waals surface area contributed by atoms with E-state index < -0.39 is 0 Å². The summed E-state index contributed by atoms with van der Waals surface area (Å²) in [6.07, 6.45) is 2.94. The minimum atomic E-state index is -0.113. The number of aromatic nitrogens is 2. The van der Waals surface area contributed by atoms with Crippen LogP contribution >= 0.6 is 0 Å². The third-order valence-electron chi connectivity index (χ3n) is 5.60. The number of carbonyl (C=O) groups excluding carboxylic acids is 1. The van der Waals surface area contributed by atoms with Crippen LogP contribution in [-0.2, 0) is 17.9 Å². The molecule has 2 atom stereocenters. The maximum Gasteiger partial charge on any atom is 0.261 e. The Morgan fingerprint density at radius 2 is 2.11 bits per heavy atom. The third-order valence-corrected chi connectivity index (χ3v) is 5.60. The fraction of sp³-hybridized carbons (Fsp3) is 0.409. The fourth-order valence-electron chi connectivity index (χ4n) is 3.62. The van der Waals surface area contributed by atoms with Crippen LogP contribution in [0.3, 0.4) is 0 Å². The van der Waals surface area contributed by atoms with Crippen molar-refractivity contribution < 1.29 is 9.21 Å². The number of benzene rings is 1. The molecule has 0 spiro atoms. The highest BCUT2D eigenvalue weighted by Crippen LogP contribution is 2.47. The highest BCUT2D eigenvalue weighted by Gasteiger charge is 2.36. The van der Waals surface area contributed by atoms with E-state index in [1.807, 2.05) is 31.2 Å². The first-order valence-electron chi connectivity index (χ1n) is 9.71. The number of nitrogens with zero attached hydrogens (tertiary/aromatic N) is 3. The van der Waals surface area contributed by atoms with E-state index in [4.69, 9.17) is 4.42 Å². The number of rotatable bonds is 6. The SMILES string of the molecule is Cc1cccc2c(=O)n(CCC(=O)N(C)Cc3ccc(C4CC4C)o3)cnc12. The van der Waals surface area contributed by atoms with Crippen LogP contribution in [0.15, 0.2) is 45.9 Å². The predicted molar refractivity (Wildman–Crippen MR) is 107 cm³/mol. The molecule has 0 bridgehead atoms. The van der Waals surface area contributed by atoms with Crippen molar-refractivity contribution in [3.05, 3.63) is 64.1 Å². The van der Waals surface area contributed by atoms with Crippen LogP contribution in [0.2, 0.25) is 0 Å². The predicted octanol–water partition coefficient (Wildman–Crippen LogP) is 3.47. The van der Waals surface area contributed by atoms with Gasteiger partial charge >= 0.3 is 0 Å². The molecule has 1 amide bonds. The third kappa shape index (κ3) is 3.59. The van der Waals surface area contributed by atoms with Crippen molar-refractivity contribution in [1.82, 2.24) is 14.5 Å². The van der Waals surface area contributed by atoms with Gasteiger partial charge in [-0.15, -0.1) is 0 Å². The summed E-state index contributed by atoms with van der Waals surface area (Å²) in [7, 11) is 1.76. The minimum Gasteiger partial charge on any atom is -0.464 e. The second-order valence-corrected chi connectivity index (χ2v) is 7.84. The van der Waals surface area contributed by atoms with Gasteiger partial charge < -0.3 is 9.32 Å². The number of aryl methyl sites for hydroxylation is 2. The Balaban J connectivity index is 1.38. The molecule has 4 rings (SSSR count). The Labute approximate surface area is 163 Å². The van der Waals surface area contributed by atoms with Crippen molar-refractivity contribution in [2.24, 2.45) is 5.92 Å². The van der Waals surface area contributed by atoms with E-state index in [9.17, 15) is 9.59 Å². The number of para-hydroxylation sites is 1. The summed E-state index contributed by atoms with van der Waals surface area (Å²) in [6.45, 7) is 4.89. The molecule has 2 unspecified atom stereocenters. The Morgan fingerprint density at radius 1 is 1.32 bits per heavy atom. The van der Waals surface area contributed by atoms with Gasteiger partial charge in [0, 0.05) is 25.9 Å². The van der Waals surface area contributed by atoms with Crippen LogP contribution in [0.25, 0.3) is 10.9 Å². The molecular formula is C22H25N3O3. The summed E-state index contributed by atoms with van der Waals surface area (Å²) in [5.74, 6) is 3.01. The molecule has 3 aromatic rings. The summed E-state index contributed by atoms with van der Waals surface area (Å²) in [5.41, 5.74) is 1.57. The lowest BCUT2D eigenvalue weighted by molar-refractivity contribution is -0.130. The van der Waals surface area contributed by atoms with E-state index in [1.54, 1.807) is 18.0 Å². The summed E-state index contributed by atoms with van der Waals surface area (Å²) in [4.78, 5) is 31.2. The van der Waals surface area contributed by atoms with E-state index in [-0.39, 0.29) is 17.9 Å². The Bertz CT molecular complexity index is 1080. The normalized spacial score (nSPS) is 18.4. The Hall–Kier alpha value is -2.89. The van der Waals surface area contributed by atoms with Crippen molar-refractivity contribution in [2.75, 3.05) is 7.05 Å². The number of hydrogen-bond acceptors (Lipinski definition) is 4. The van der Waals surface area contributed by atoms with Crippen LogP contribution in [0, 0.1) is 12.8 Å². The Morgan fingerprint density at radius 3 is 2.86 bits per heavy atom. The van der Waals surface area contributed by atoms with Gasteiger partial charge in [0.25, 0.3) is 5.56 Å². The molecule has 6 nitrogen and oxygen atoms in total. The maximum absolute atomic E-state index is 12.6. The molecule has 1 saturated carbocycles. The topological polar surface area (TPSA) is 68.3 Å². The van der Waals surface area contributed by atoms with Crippen LogP contribution < -0.4 is 5.56 Å². The average molecular weight is 379 g/mol. The number of amides is 1. The lowest BCUT2D eigenvalue weighted by atomic mass is 10.1. The van der Waals surface area contributed by atoms with Gasteiger partial charge in [-0.2, -0.15) is 0 Å². The number of hydrogen-bond donors (Lipinski definition) is 0. The first-order valence-corrected chi connectivity index (χ1v) is 9.71. The lowest BCUT2D eigenvalue weighted by Crippen LogP contribution is -2.29. The molecule has 0 saturated heterocycles. The van der Waals surface area contributed by atoms with Gasteiger partial charge in [0.1, 0.15) is 11.5 Å². The molecule has 1 fully saturated rings. The van der Waals surface area contributed by atoms with Crippen molar-refractivity contribution in [3.63, 3.8) is 0 Å². The van der Waals surface area contributed by atoms with Crippen LogP contribution in [-0.4, -0.2) is 27.4 Å². The molecule has 146 valence electrons. The quantitative estimate of drug-likeness (QED) is 0.658. The monoisotopic (exact) mass is 379 g/mol. The molecule has 1 aliphatic carbocycles. The van der Waals surface area contributed by atoms with Gasteiger partial charge in [-0.25, -0.2) is 4.98 Å². The molecule has 1 aliphatic rings. The van der Waals surface area contributed by atoms with Crippen molar-refractivity contribution in [3.8, 4) is 0 Å². The largest absolute Gasteiger partial charge is 0.464 e. The molecule has 0 aliphatic heterocycles. The first kappa shape index (κ1) is 18.5. The standard InChI is InChI=1S/C22H25N3O3/c1-14-5-4-6-17-21(14)23-13-25(22(17)27)10-9-20(26)24(3)12-16-7-8-19(28-16)18-11-15(18)2/h4-8,13,15,18H,9-12H2,1-3H3. The van der Waals surface area contributed by atoms with Gasteiger partial charge in [0.15, 0.2) is 0 Å². The van der Waals surface area contributed by atoms with Gasteiger partial charge in [-0.3, -0.25) is 14.2 Å². The minimum absolute atomic E-state index is 0.0334. The highest BCUT2D eigenvalue weighted by molar-refractivity contribution is 5.80. The first-order chi connectivity index (χ1) is 13.4. The van der Waals surface area contributed by atoms with Crippen molar-refractivity contribution in [2.45, 2.75) is 45.7 Å². The van der Waals surface area contributed by atoms with Crippen LogP contribution in [0.5, 0.6) is 0 Å². The fourth-order valence-corrected chi connectivity index (χ4v) is 3.62. The zero-order valence-corrected chi connectivity index (χ0v) is 16.5. The van der Waals surface area contributed by atoms with Gasteiger partial charge in [0.05, 0.1) is 23.8 Å². The molecule has 28 heavy (non-hydrogen) atoms. The summed E-state index contributed by atoms with van der Waals surface area (Å²) >= 11 is 0. The van der Waals surface area contributed by atoms with E-state index in [0.717, 1.165) is 17.1 Å². The summed E-state index contributed by atoms with van der Waals surface area (Å²) < 4.78 is 7.39. The molecular weight excluding hydrogens is 354 g/mol. The number of fused-ring (bicyclic) bond motifs is 1. The van der Waals surface area contributed by atoms with E-state index in [2.05, 4.69) is 11.9 Å².